The molecule has 0 spiro atoms. The molecule has 2 aromatic rings. The molecule has 12 nitrogen and oxygen atoms in total. The molecule has 2 aromatic carbocycles. The summed E-state index contributed by atoms with van der Waals surface area (Å²) in [6, 6.07) is 7.92. The smallest absolute Gasteiger partial charge is 0.323 e. The summed E-state index contributed by atoms with van der Waals surface area (Å²) < 4.78 is 0. The molecule has 0 saturated carbocycles. The van der Waals surface area contributed by atoms with Crippen molar-refractivity contribution in [2.24, 2.45) is 0 Å². The van der Waals surface area contributed by atoms with Crippen LogP contribution in [0.4, 0.5) is 11.4 Å². The van der Waals surface area contributed by atoms with Gasteiger partial charge < -0.3 is 15.1 Å². The molecular formula is C19H13N3O9. The number of nitro groups is 2. The highest BCUT2D eigenvalue weighted by Crippen LogP contribution is 2.40. The van der Waals surface area contributed by atoms with Gasteiger partial charge in [-0.05, 0) is 17.7 Å². The summed E-state index contributed by atoms with van der Waals surface area (Å²) in [7, 11) is 0. The minimum Gasteiger partial charge on any atom is -0.507 e. The molecule has 31 heavy (non-hydrogen) atoms. The van der Waals surface area contributed by atoms with Crippen LogP contribution in [-0.4, -0.2) is 49.2 Å². The Bertz CT molecular complexity index is 1150. The van der Waals surface area contributed by atoms with Crippen LogP contribution in [0.3, 0.4) is 0 Å². The summed E-state index contributed by atoms with van der Waals surface area (Å²) in [6.45, 7) is -0.894. The lowest BCUT2D eigenvalue weighted by Crippen LogP contribution is -2.34. The van der Waals surface area contributed by atoms with Gasteiger partial charge in [0, 0.05) is 29.8 Å². The van der Waals surface area contributed by atoms with Gasteiger partial charge in [-0.1, -0.05) is 12.1 Å². The van der Waals surface area contributed by atoms with E-state index in [0.29, 0.717) is 4.90 Å². The van der Waals surface area contributed by atoms with Crippen molar-refractivity contribution in [3.63, 3.8) is 0 Å². The molecule has 0 aromatic heterocycles. The minimum absolute atomic E-state index is 0.0330. The van der Waals surface area contributed by atoms with E-state index in [2.05, 4.69) is 0 Å². The fraction of sp³-hybridized carbons (Fsp3) is 0.105. The number of carboxylic acid groups (broad SMARTS) is 1. The first-order chi connectivity index (χ1) is 14.6. The SMILES string of the molecule is O=C(O)CN1C(=O)C(=O)C(=C(O)c2ccc([N+](=O)[O-])cc2)C1c1cccc([N+](=O)[O-])c1. The molecule has 158 valence electrons. The number of carbonyl (C=O) groups is 3. The van der Waals surface area contributed by atoms with E-state index >= 15 is 0 Å². The molecule has 2 N–H and O–H groups in total. The molecule has 0 bridgehead atoms. The molecule has 1 amide bonds. The first kappa shape index (κ1) is 21.1. The van der Waals surface area contributed by atoms with E-state index in [-0.39, 0.29) is 22.5 Å². The Kier molecular flexibility index (Phi) is 5.46. The number of likely N-dealkylation sites (tertiary alicyclic amines) is 1. The standard InChI is InChI=1S/C19H13N3O9/c23-14(24)9-20-16(11-2-1-3-13(8-11)22(30)31)15(18(26)19(20)27)17(25)10-4-6-12(7-5-10)21(28)29/h1-8,16,25H,9H2,(H,23,24). The number of nitrogens with zero attached hydrogens (tertiary/aromatic N) is 3. The number of non-ortho nitro benzene ring substituents is 2. The van der Waals surface area contributed by atoms with Crippen molar-refractivity contribution in [3.8, 4) is 0 Å². The van der Waals surface area contributed by atoms with Gasteiger partial charge in [0.25, 0.3) is 23.1 Å². The Morgan fingerprint density at radius 2 is 1.58 bits per heavy atom. The lowest BCUT2D eigenvalue weighted by molar-refractivity contribution is -0.385. The fourth-order valence-electron chi connectivity index (χ4n) is 3.24. The number of Topliss-reactive ketones (excluding diaryl/α,β-unsaturated/α-hetero) is 1. The molecule has 1 unspecified atom stereocenters. The van der Waals surface area contributed by atoms with Gasteiger partial charge in [-0.2, -0.15) is 0 Å². The van der Waals surface area contributed by atoms with Crippen LogP contribution < -0.4 is 0 Å². The topological polar surface area (TPSA) is 181 Å². The third-order valence-electron chi connectivity index (χ3n) is 4.59. The van der Waals surface area contributed by atoms with Crippen LogP contribution in [0.25, 0.3) is 5.76 Å². The number of nitro benzene ring substituents is 2. The Morgan fingerprint density at radius 3 is 2.13 bits per heavy atom. The van der Waals surface area contributed by atoms with Crippen LogP contribution in [0.5, 0.6) is 0 Å². The zero-order chi connectivity index (χ0) is 22.9. The zero-order valence-electron chi connectivity index (χ0n) is 15.5. The average molecular weight is 427 g/mol. The van der Waals surface area contributed by atoms with Crippen molar-refractivity contribution in [1.82, 2.24) is 4.90 Å². The second-order valence-corrected chi connectivity index (χ2v) is 6.48. The highest BCUT2D eigenvalue weighted by atomic mass is 16.6. The zero-order valence-corrected chi connectivity index (χ0v) is 15.5. The Hall–Kier alpha value is -4.61. The summed E-state index contributed by atoms with van der Waals surface area (Å²) >= 11 is 0. The normalized spacial score (nSPS) is 17.5. The molecule has 1 fully saturated rings. The number of aliphatic hydroxyl groups is 1. The number of hydrogen-bond donors (Lipinski definition) is 2. The Morgan fingerprint density at radius 1 is 0.968 bits per heavy atom. The van der Waals surface area contributed by atoms with Crippen molar-refractivity contribution >= 4 is 34.8 Å². The van der Waals surface area contributed by atoms with Gasteiger partial charge in [-0.15, -0.1) is 0 Å². The van der Waals surface area contributed by atoms with Gasteiger partial charge in [0.1, 0.15) is 12.3 Å². The largest absolute Gasteiger partial charge is 0.507 e. The maximum Gasteiger partial charge on any atom is 0.323 e. The number of ketones is 1. The quantitative estimate of drug-likeness (QED) is 0.229. The number of carboxylic acids is 1. The lowest BCUT2D eigenvalue weighted by Gasteiger charge is -2.23. The van der Waals surface area contributed by atoms with Gasteiger partial charge in [0.05, 0.1) is 21.5 Å². The van der Waals surface area contributed by atoms with E-state index in [4.69, 9.17) is 5.11 Å². The van der Waals surface area contributed by atoms with E-state index in [1.165, 1.54) is 18.2 Å². The average Bonchev–Trinajstić information content (AvgIpc) is 2.97. The van der Waals surface area contributed by atoms with Crippen molar-refractivity contribution in [3.05, 3.63) is 85.5 Å². The Labute approximate surface area is 172 Å². The summed E-state index contributed by atoms with van der Waals surface area (Å²) in [5, 5.41) is 41.8. The van der Waals surface area contributed by atoms with E-state index in [1.54, 1.807) is 0 Å². The number of aliphatic carboxylic acids is 1. The van der Waals surface area contributed by atoms with Crippen molar-refractivity contribution in [2.75, 3.05) is 6.54 Å². The first-order valence-electron chi connectivity index (χ1n) is 8.61. The van der Waals surface area contributed by atoms with Crippen molar-refractivity contribution in [2.45, 2.75) is 6.04 Å². The molecule has 1 heterocycles. The molecule has 1 aliphatic rings. The third kappa shape index (κ3) is 3.94. The molecular weight excluding hydrogens is 414 g/mol. The highest BCUT2D eigenvalue weighted by molar-refractivity contribution is 6.46. The molecule has 12 heteroatoms. The summed E-state index contributed by atoms with van der Waals surface area (Å²) in [5.74, 6) is -4.53. The number of benzene rings is 2. The fourth-order valence-corrected chi connectivity index (χ4v) is 3.24. The summed E-state index contributed by atoms with van der Waals surface area (Å²) in [5.41, 5.74) is -1.13. The van der Waals surface area contributed by atoms with E-state index in [0.717, 1.165) is 30.3 Å². The van der Waals surface area contributed by atoms with E-state index < -0.39 is 51.4 Å². The maximum atomic E-state index is 12.6. The second-order valence-electron chi connectivity index (χ2n) is 6.48. The minimum atomic E-state index is -1.44. The Balaban J connectivity index is 2.20. The number of hydrogen-bond acceptors (Lipinski definition) is 8. The van der Waals surface area contributed by atoms with Crippen LogP contribution >= 0.6 is 0 Å². The third-order valence-corrected chi connectivity index (χ3v) is 4.59. The molecule has 0 aliphatic carbocycles. The number of rotatable bonds is 6. The van der Waals surface area contributed by atoms with Crippen LogP contribution in [0.2, 0.25) is 0 Å². The predicted octanol–water partition coefficient (Wildman–Crippen LogP) is 2.01. The van der Waals surface area contributed by atoms with E-state index in [9.17, 15) is 39.7 Å². The molecule has 1 atom stereocenters. The number of carbonyl (C=O) groups excluding carboxylic acids is 2. The monoisotopic (exact) mass is 427 g/mol. The van der Waals surface area contributed by atoms with Gasteiger partial charge in [-0.3, -0.25) is 34.6 Å². The van der Waals surface area contributed by atoms with Gasteiger partial charge in [-0.25, -0.2) is 0 Å². The van der Waals surface area contributed by atoms with E-state index in [1.807, 2.05) is 0 Å². The van der Waals surface area contributed by atoms with Crippen LogP contribution in [-0.2, 0) is 14.4 Å². The van der Waals surface area contributed by atoms with Gasteiger partial charge in [0.2, 0.25) is 0 Å². The number of amides is 1. The summed E-state index contributed by atoms with van der Waals surface area (Å²) in [6.07, 6.45) is 0. The molecule has 0 radical (unpaired) electrons. The van der Waals surface area contributed by atoms with Crippen LogP contribution in [0.15, 0.2) is 54.1 Å². The summed E-state index contributed by atoms with van der Waals surface area (Å²) in [4.78, 5) is 57.6. The number of aliphatic hydroxyl groups excluding tert-OH is 1. The lowest BCUT2D eigenvalue weighted by atomic mass is 9.95. The van der Waals surface area contributed by atoms with Crippen molar-refractivity contribution in [1.29, 1.82) is 0 Å². The van der Waals surface area contributed by atoms with Crippen LogP contribution in [0.1, 0.15) is 17.2 Å². The second kappa shape index (κ2) is 8.02. The first-order valence-corrected chi connectivity index (χ1v) is 8.61. The highest BCUT2D eigenvalue weighted by Gasteiger charge is 2.47. The van der Waals surface area contributed by atoms with Gasteiger partial charge >= 0.3 is 5.97 Å². The van der Waals surface area contributed by atoms with Crippen molar-refractivity contribution < 1.29 is 34.4 Å². The molecule has 1 aliphatic heterocycles. The molecule has 3 rings (SSSR count). The maximum absolute atomic E-state index is 12.6. The van der Waals surface area contributed by atoms with Gasteiger partial charge in [0.15, 0.2) is 0 Å². The predicted molar refractivity (Wildman–Crippen MR) is 103 cm³/mol. The molecule has 1 saturated heterocycles. The van der Waals surface area contributed by atoms with Crippen LogP contribution in [0, 0.1) is 20.2 Å².